The van der Waals surface area contributed by atoms with Gasteiger partial charge in [-0.2, -0.15) is 4.91 Å². The fraction of sp³-hybridized carbons (Fsp3) is 1.00. The molecule has 0 bridgehead atoms. The summed E-state index contributed by atoms with van der Waals surface area (Å²) in [4.78, 5) is 9.59. The highest BCUT2D eigenvalue weighted by molar-refractivity contribution is 4.56. The van der Waals surface area contributed by atoms with Gasteiger partial charge in [-0.25, -0.2) is 0 Å². The minimum absolute atomic E-state index is 0.106. The Hall–Kier alpha value is -0.440. The van der Waals surface area contributed by atoms with Crippen molar-refractivity contribution in [2.24, 2.45) is 10.9 Å². The summed E-state index contributed by atoms with van der Waals surface area (Å²) >= 11 is 0. The van der Waals surface area contributed by atoms with Gasteiger partial charge in [-0.3, -0.25) is 0 Å². The molecule has 0 saturated heterocycles. The van der Waals surface area contributed by atoms with Crippen LogP contribution in [-0.4, -0.2) is 12.6 Å². The van der Waals surface area contributed by atoms with Crippen molar-refractivity contribution in [3.8, 4) is 0 Å². The molecule has 0 spiro atoms. The zero-order valence-corrected chi connectivity index (χ0v) is 4.42. The molecular weight excluding hydrogens is 92.1 g/mol. The van der Waals surface area contributed by atoms with Gasteiger partial charge < -0.3 is 5.73 Å². The predicted molar refractivity (Wildman–Crippen MR) is 28.9 cm³/mol. The van der Waals surface area contributed by atoms with E-state index in [1.54, 1.807) is 6.92 Å². The molecule has 3 nitrogen and oxygen atoms in total. The van der Waals surface area contributed by atoms with E-state index in [1.165, 1.54) is 0 Å². The van der Waals surface area contributed by atoms with Crippen LogP contribution in [0.4, 0.5) is 0 Å². The van der Waals surface area contributed by atoms with Crippen molar-refractivity contribution in [2.75, 3.05) is 6.54 Å². The summed E-state index contributed by atoms with van der Waals surface area (Å²) in [5.41, 5.74) is 5.11. The van der Waals surface area contributed by atoms with Crippen LogP contribution in [0.1, 0.15) is 13.3 Å². The normalized spacial score (nSPS) is 13.4. The Kier molecular flexibility index (Phi) is 3.50. The van der Waals surface area contributed by atoms with E-state index in [-0.39, 0.29) is 6.04 Å². The van der Waals surface area contributed by atoms with Gasteiger partial charge in [0.25, 0.3) is 0 Å². The molecule has 1 unspecified atom stereocenters. The summed E-state index contributed by atoms with van der Waals surface area (Å²) in [6, 6.07) is -0.106. The van der Waals surface area contributed by atoms with Crippen molar-refractivity contribution in [3.05, 3.63) is 4.91 Å². The molecule has 0 saturated carbocycles. The number of nitrogens with zero attached hydrogens (tertiary/aromatic N) is 1. The number of hydrogen-bond donors (Lipinski definition) is 1. The second-order valence-corrected chi connectivity index (χ2v) is 1.53. The first-order valence-electron chi connectivity index (χ1n) is 2.33. The summed E-state index contributed by atoms with van der Waals surface area (Å²) in [6.07, 6.45) is 0.698. The average Bonchev–Trinajstić information content (AvgIpc) is 1.68. The van der Waals surface area contributed by atoms with Crippen molar-refractivity contribution < 1.29 is 0 Å². The molecule has 0 aliphatic heterocycles. The Bertz CT molecular complexity index is 55.7. The third-order valence-electron chi connectivity index (χ3n) is 0.764. The van der Waals surface area contributed by atoms with Crippen LogP contribution in [0.15, 0.2) is 5.18 Å². The van der Waals surface area contributed by atoms with Crippen LogP contribution in [-0.2, 0) is 0 Å². The molecule has 0 heterocycles. The Morgan fingerprint density at radius 1 is 1.86 bits per heavy atom. The molecule has 0 aromatic heterocycles. The minimum atomic E-state index is -0.106. The van der Waals surface area contributed by atoms with Gasteiger partial charge in [0.05, 0.1) is 6.04 Å². The van der Waals surface area contributed by atoms with Gasteiger partial charge in [0.15, 0.2) is 0 Å². The lowest BCUT2D eigenvalue weighted by Gasteiger charge is -1.93. The van der Waals surface area contributed by atoms with E-state index >= 15 is 0 Å². The molecular formula is C4H10N2O. The van der Waals surface area contributed by atoms with E-state index in [0.29, 0.717) is 13.0 Å². The Labute approximate surface area is 42.9 Å². The van der Waals surface area contributed by atoms with Crippen molar-refractivity contribution in [2.45, 2.75) is 19.4 Å². The molecule has 0 aliphatic rings. The number of hydrogen-bond acceptors (Lipinski definition) is 3. The fourth-order valence-electron chi connectivity index (χ4n) is 0.294. The van der Waals surface area contributed by atoms with Gasteiger partial charge in [0.2, 0.25) is 0 Å². The van der Waals surface area contributed by atoms with Gasteiger partial charge in [-0.05, 0) is 19.9 Å². The van der Waals surface area contributed by atoms with Gasteiger partial charge in [0.1, 0.15) is 0 Å². The zero-order valence-electron chi connectivity index (χ0n) is 4.42. The molecule has 0 rings (SSSR count). The van der Waals surface area contributed by atoms with Crippen LogP contribution in [0, 0.1) is 4.91 Å². The van der Waals surface area contributed by atoms with Crippen molar-refractivity contribution in [3.63, 3.8) is 0 Å². The quantitative estimate of drug-likeness (QED) is 0.527. The highest BCUT2D eigenvalue weighted by Crippen LogP contribution is 1.90. The summed E-state index contributed by atoms with van der Waals surface area (Å²) < 4.78 is 0. The largest absolute Gasteiger partial charge is 0.330 e. The Balaban J connectivity index is 2.98. The van der Waals surface area contributed by atoms with Crippen LogP contribution in [0.5, 0.6) is 0 Å². The van der Waals surface area contributed by atoms with Gasteiger partial charge in [-0.15, -0.1) is 0 Å². The first-order valence-corrected chi connectivity index (χ1v) is 2.33. The van der Waals surface area contributed by atoms with Crippen molar-refractivity contribution >= 4 is 0 Å². The monoisotopic (exact) mass is 102 g/mol. The molecule has 0 fully saturated rings. The standard InChI is InChI=1S/C4H10N2O/c1-4(6-7)2-3-5/h4H,2-3,5H2,1H3. The second-order valence-electron chi connectivity index (χ2n) is 1.53. The minimum Gasteiger partial charge on any atom is -0.330 e. The zero-order chi connectivity index (χ0) is 5.70. The molecule has 0 aromatic rings. The summed E-state index contributed by atoms with van der Waals surface area (Å²) in [5, 5.41) is 2.75. The molecule has 0 aliphatic carbocycles. The van der Waals surface area contributed by atoms with E-state index in [2.05, 4.69) is 5.18 Å². The first kappa shape index (κ1) is 6.56. The summed E-state index contributed by atoms with van der Waals surface area (Å²) in [7, 11) is 0. The molecule has 7 heavy (non-hydrogen) atoms. The van der Waals surface area contributed by atoms with E-state index in [9.17, 15) is 4.91 Å². The van der Waals surface area contributed by atoms with Crippen molar-refractivity contribution in [1.29, 1.82) is 0 Å². The third kappa shape index (κ3) is 3.39. The molecule has 0 aromatic carbocycles. The maximum Gasteiger partial charge on any atom is 0.0903 e. The van der Waals surface area contributed by atoms with E-state index in [4.69, 9.17) is 5.73 Å². The predicted octanol–water partition coefficient (Wildman–Crippen LogP) is 0.490. The van der Waals surface area contributed by atoms with Crippen LogP contribution in [0.2, 0.25) is 0 Å². The molecule has 1 atom stereocenters. The topological polar surface area (TPSA) is 55.4 Å². The lowest BCUT2D eigenvalue weighted by atomic mass is 10.3. The highest BCUT2D eigenvalue weighted by Gasteiger charge is 1.94. The summed E-state index contributed by atoms with van der Waals surface area (Å²) in [5.74, 6) is 0. The van der Waals surface area contributed by atoms with E-state index in [0.717, 1.165) is 0 Å². The SMILES string of the molecule is CC(CCN)N=O. The molecule has 42 valence electrons. The van der Waals surface area contributed by atoms with Crippen molar-refractivity contribution in [1.82, 2.24) is 0 Å². The van der Waals surface area contributed by atoms with Crippen LogP contribution < -0.4 is 5.73 Å². The first-order chi connectivity index (χ1) is 3.31. The van der Waals surface area contributed by atoms with Gasteiger partial charge >= 0.3 is 0 Å². The van der Waals surface area contributed by atoms with Crippen LogP contribution in [0.25, 0.3) is 0 Å². The van der Waals surface area contributed by atoms with Crippen LogP contribution in [0.3, 0.4) is 0 Å². The molecule has 0 amide bonds. The average molecular weight is 102 g/mol. The molecule has 3 heteroatoms. The lowest BCUT2D eigenvalue weighted by Crippen LogP contribution is -2.06. The number of rotatable bonds is 3. The third-order valence-corrected chi connectivity index (χ3v) is 0.764. The lowest BCUT2D eigenvalue weighted by molar-refractivity contribution is 0.673. The van der Waals surface area contributed by atoms with Gasteiger partial charge in [-0.1, -0.05) is 5.18 Å². The van der Waals surface area contributed by atoms with E-state index in [1.807, 2.05) is 0 Å². The smallest absolute Gasteiger partial charge is 0.0903 e. The number of nitroso groups, excluding NO2 is 1. The maximum atomic E-state index is 9.59. The second kappa shape index (κ2) is 3.74. The van der Waals surface area contributed by atoms with E-state index < -0.39 is 0 Å². The molecule has 2 N–H and O–H groups in total. The summed E-state index contributed by atoms with van der Waals surface area (Å²) in [6.45, 7) is 2.30. The maximum absolute atomic E-state index is 9.59. The highest BCUT2D eigenvalue weighted by atomic mass is 16.3. The Morgan fingerprint density at radius 2 is 2.43 bits per heavy atom. The fourth-order valence-corrected chi connectivity index (χ4v) is 0.294. The number of nitrogens with two attached hydrogens (primary N) is 1. The molecule has 0 radical (unpaired) electrons. The Morgan fingerprint density at radius 3 is 2.57 bits per heavy atom. The van der Waals surface area contributed by atoms with Gasteiger partial charge in [0, 0.05) is 0 Å². The van der Waals surface area contributed by atoms with Crippen LogP contribution >= 0.6 is 0 Å².